The van der Waals surface area contributed by atoms with E-state index in [2.05, 4.69) is 5.32 Å². The zero-order chi connectivity index (χ0) is 25.3. The van der Waals surface area contributed by atoms with Crippen molar-refractivity contribution in [2.24, 2.45) is 0 Å². The highest BCUT2D eigenvalue weighted by Gasteiger charge is 2.31. The number of aliphatic carboxylic acids is 1. The molecule has 35 heavy (non-hydrogen) atoms. The molecule has 184 valence electrons. The molecule has 8 nitrogen and oxygen atoms in total. The maximum atomic E-state index is 13.1. The van der Waals surface area contributed by atoms with Crippen molar-refractivity contribution in [2.75, 3.05) is 6.61 Å². The van der Waals surface area contributed by atoms with Gasteiger partial charge >= 0.3 is 11.6 Å². The Morgan fingerprint density at radius 2 is 1.94 bits per heavy atom. The standard InChI is InChI=1S/C27H29NO7/c1-15-19(12-17-8-6-5-7-9-17)26(32)34-24-18-10-11-27(3,4)35-20(18)13-21(23(15)24)33-14-22(29)28-16(2)25(30)31/h5-9,13,16H,10-12,14H2,1-4H3,(H,28,29)(H,30,31)/t16-/m0/s1. The molecule has 2 heterocycles. The summed E-state index contributed by atoms with van der Waals surface area (Å²) in [6, 6.07) is 10.3. The van der Waals surface area contributed by atoms with Gasteiger partial charge in [-0.3, -0.25) is 9.59 Å². The van der Waals surface area contributed by atoms with E-state index in [1.54, 1.807) is 6.07 Å². The van der Waals surface area contributed by atoms with Crippen molar-refractivity contribution in [3.63, 3.8) is 0 Å². The van der Waals surface area contributed by atoms with Gasteiger partial charge in [0.25, 0.3) is 5.91 Å². The molecule has 0 spiro atoms. The molecule has 4 rings (SSSR count). The van der Waals surface area contributed by atoms with Crippen molar-refractivity contribution in [1.82, 2.24) is 5.32 Å². The van der Waals surface area contributed by atoms with Crippen molar-refractivity contribution in [3.05, 3.63) is 69.1 Å². The highest BCUT2D eigenvalue weighted by atomic mass is 16.5. The molecule has 3 aromatic rings. The van der Waals surface area contributed by atoms with Crippen LogP contribution in [0.15, 0.2) is 45.6 Å². The minimum absolute atomic E-state index is 0.338. The third-order valence-corrected chi connectivity index (χ3v) is 6.27. The Balaban J connectivity index is 1.79. The molecule has 1 atom stereocenters. The van der Waals surface area contributed by atoms with Crippen molar-refractivity contribution in [3.8, 4) is 11.5 Å². The lowest BCUT2D eigenvalue weighted by atomic mass is 9.91. The van der Waals surface area contributed by atoms with E-state index in [0.717, 1.165) is 17.5 Å². The van der Waals surface area contributed by atoms with Crippen LogP contribution in [0.5, 0.6) is 11.5 Å². The number of carboxylic acid groups (broad SMARTS) is 1. The maximum Gasteiger partial charge on any atom is 0.340 e. The summed E-state index contributed by atoms with van der Waals surface area (Å²) >= 11 is 0. The van der Waals surface area contributed by atoms with Crippen LogP contribution in [-0.4, -0.2) is 35.2 Å². The van der Waals surface area contributed by atoms with Crippen LogP contribution in [-0.2, 0) is 22.4 Å². The number of hydrogen-bond donors (Lipinski definition) is 2. The molecule has 1 aliphatic rings. The van der Waals surface area contributed by atoms with Crippen LogP contribution in [0.25, 0.3) is 11.0 Å². The average molecular weight is 480 g/mol. The fraction of sp³-hybridized carbons (Fsp3) is 0.370. The Morgan fingerprint density at radius 1 is 1.23 bits per heavy atom. The minimum atomic E-state index is -1.14. The third-order valence-electron chi connectivity index (χ3n) is 6.27. The smallest absolute Gasteiger partial charge is 0.340 e. The molecule has 8 heteroatoms. The molecule has 2 N–H and O–H groups in total. The van der Waals surface area contributed by atoms with Gasteiger partial charge in [-0.05, 0) is 51.7 Å². The van der Waals surface area contributed by atoms with Gasteiger partial charge in [0.15, 0.2) is 6.61 Å². The number of amides is 1. The van der Waals surface area contributed by atoms with Gasteiger partial charge in [0, 0.05) is 23.6 Å². The summed E-state index contributed by atoms with van der Waals surface area (Å²) in [4.78, 5) is 36.4. The number of hydrogen-bond acceptors (Lipinski definition) is 6. The quantitative estimate of drug-likeness (QED) is 0.496. The fourth-order valence-corrected chi connectivity index (χ4v) is 4.29. The summed E-state index contributed by atoms with van der Waals surface area (Å²) in [6.07, 6.45) is 1.80. The number of carbonyl (C=O) groups is 2. The molecular formula is C27H29NO7. The van der Waals surface area contributed by atoms with Gasteiger partial charge in [-0.2, -0.15) is 0 Å². The van der Waals surface area contributed by atoms with Gasteiger partial charge in [0.1, 0.15) is 28.7 Å². The number of fused-ring (bicyclic) bond motifs is 3. The normalized spacial score (nSPS) is 15.1. The molecule has 1 amide bonds. The molecule has 0 fully saturated rings. The van der Waals surface area contributed by atoms with Crippen molar-refractivity contribution in [1.29, 1.82) is 0 Å². The Bertz CT molecular complexity index is 1340. The summed E-state index contributed by atoms with van der Waals surface area (Å²) in [7, 11) is 0. The van der Waals surface area contributed by atoms with Gasteiger partial charge in [-0.25, -0.2) is 4.79 Å². The molecule has 0 radical (unpaired) electrons. The van der Waals surface area contributed by atoms with Crippen molar-refractivity contribution >= 4 is 22.8 Å². The number of rotatable bonds is 7. The molecule has 0 saturated heterocycles. The van der Waals surface area contributed by atoms with E-state index in [4.69, 9.17) is 19.0 Å². The summed E-state index contributed by atoms with van der Waals surface area (Å²) in [5, 5.41) is 12.0. The minimum Gasteiger partial charge on any atom is -0.487 e. The second kappa shape index (κ2) is 9.44. The maximum absolute atomic E-state index is 13.1. The van der Waals surface area contributed by atoms with Crippen LogP contribution in [0.1, 0.15) is 49.4 Å². The topological polar surface area (TPSA) is 115 Å². The lowest BCUT2D eigenvalue weighted by Crippen LogP contribution is -2.40. The molecule has 2 aromatic carbocycles. The first kappa shape index (κ1) is 24.3. The highest BCUT2D eigenvalue weighted by Crippen LogP contribution is 2.43. The van der Waals surface area contributed by atoms with Crippen LogP contribution < -0.4 is 20.4 Å². The van der Waals surface area contributed by atoms with Crippen LogP contribution in [0.4, 0.5) is 0 Å². The van der Waals surface area contributed by atoms with E-state index in [9.17, 15) is 14.4 Å². The number of nitrogens with one attached hydrogen (secondary N) is 1. The van der Waals surface area contributed by atoms with Gasteiger partial charge in [-0.15, -0.1) is 0 Å². The molecule has 1 aromatic heterocycles. The lowest BCUT2D eigenvalue weighted by molar-refractivity contribution is -0.141. The number of ether oxygens (including phenoxy) is 2. The van der Waals surface area contributed by atoms with E-state index >= 15 is 0 Å². The summed E-state index contributed by atoms with van der Waals surface area (Å²) in [5.41, 5.74) is 2.55. The molecule has 0 aliphatic carbocycles. The first-order chi connectivity index (χ1) is 16.6. The molecule has 0 saturated carbocycles. The second-order valence-corrected chi connectivity index (χ2v) is 9.49. The highest BCUT2D eigenvalue weighted by molar-refractivity contribution is 5.92. The summed E-state index contributed by atoms with van der Waals surface area (Å²) in [5.74, 6) is -0.838. The largest absolute Gasteiger partial charge is 0.487 e. The number of carboxylic acids is 1. The van der Waals surface area contributed by atoms with Gasteiger partial charge in [0.05, 0.1) is 5.39 Å². The fourth-order valence-electron chi connectivity index (χ4n) is 4.29. The van der Waals surface area contributed by atoms with Gasteiger partial charge in [-0.1, -0.05) is 30.3 Å². The first-order valence-corrected chi connectivity index (χ1v) is 11.6. The number of benzene rings is 2. The molecule has 1 aliphatic heterocycles. The molecule has 0 unspecified atom stereocenters. The first-order valence-electron chi connectivity index (χ1n) is 11.6. The second-order valence-electron chi connectivity index (χ2n) is 9.49. The Morgan fingerprint density at radius 3 is 2.63 bits per heavy atom. The average Bonchev–Trinajstić information content (AvgIpc) is 2.79. The van der Waals surface area contributed by atoms with Crippen molar-refractivity contribution < 1.29 is 28.6 Å². The van der Waals surface area contributed by atoms with Crippen molar-refractivity contribution in [2.45, 2.75) is 58.6 Å². The SMILES string of the molecule is Cc1c(Cc2ccccc2)c(=O)oc2c3c(cc(OCC(=O)N[C@@H](C)C(=O)O)c12)OC(C)(C)CC3. The summed E-state index contributed by atoms with van der Waals surface area (Å²) < 4.78 is 17.9. The number of carbonyl (C=O) groups excluding carboxylic acids is 1. The Hall–Kier alpha value is -3.81. The van der Waals surface area contributed by atoms with E-state index in [1.165, 1.54) is 6.92 Å². The molecular weight excluding hydrogens is 450 g/mol. The van der Waals surface area contributed by atoms with E-state index in [-0.39, 0.29) is 0 Å². The van der Waals surface area contributed by atoms with E-state index in [1.807, 2.05) is 51.1 Å². The number of aryl methyl sites for hydroxylation is 2. The van der Waals surface area contributed by atoms with Crippen LogP contribution in [0.2, 0.25) is 0 Å². The monoisotopic (exact) mass is 479 g/mol. The summed E-state index contributed by atoms with van der Waals surface area (Å²) in [6.45, 7) is 6.77. The lowest BCUT2D eigenvalue weighted by Gasteiger charge is -2.33. The zero-order valence-electron chi connectivity index (χ0n) is 20.3. The zero-order valence-corrected chi connectivity index (χ0v) is 20.3. The predicted octanol–water partition coefficient (Wildman–Crippen LogP) is 3.76. The van der Waals surface area contributed by atoms with Crippen LogP contribution in [0.3, 0.4) is 0 Å². The van der Waals surface area contributed by atoms with Crippen LogP contribution >= 0.6 is 0 Å². The molecule has 0 bridgehead atoms. The van der Waals surface area contributed by atoms with Crippen LogP contribution in [0, 0.1) is 6.92 Å². The van der Waals surface area contributed by atoms with Gasteiger partial charge in [0.2, 0.25) is 0 Å². The third kappa shape index (κ3) is 5.16. The Labute approximate surface area is 202 Å². The van der Waals surface area contributed by atoms with Gasteiger partial charge < -0.3 is 24.3 Å². The predicted molar refractivity (Wildman–Crippen MR) is 130 cm³/mol. The van der Waals surface area contributed by atoms with E-state index in [0.29, 0.717) is 46.4 Å². The Kier molecular flexibility index (Phi) is 6.56. The van der Waals surface area contributed by atoms with E-state index < -0.39 is 35.8 Å².